The summed E-state index contributed by atoms with van der Waals surface area (Å²) >= 11 is 0. The molecule has 0 atom stereocenters. The molecule has 2 aromatic heterocycles. The Balaban J connectivity index is 0.00000220. The van der Waals surface area contributed by atoms with Crippen molar-refractivity contribution in [1.82, 2.24) is 9.97 Å². The Bertz CT molecular complexity index is 581. The van der Waals surface area contributed by atoms with E-state index in [1.54, 1.807) is 12.1 Å². The Morgan fingerprint density at radius 2 is 1.14 bits per heavy atom. The van der Waals surface area contributed by atoms with Gasteiger partial charge in [0.05, 0.1) is 11.9 Å². The summed E-state index contributed by atoms with van der Waals surface area (Å²) in [6.45, 7) is 0. The Hall–Kier alpha value is -0.0600. The average molecular weight is 352 g/mol. The van der Waals surface area contributed by atoms with E-state index in [4.69, 9.17) is 0 Å². The molecule has 0 radical (unpaired) electrons. The smallest absolute Gasteiger partial charge is 0.545 e. The largest absolute Gasteiger partial charge is 1.00 e. The monoisotopic (exact) mass is 352 g/mol. The number of nitrogens with zero attached hydrogens (tertiary/aromatic N) is 2. The van der Waals surface area contributed by atoms with Crippen LogP contribution in [-0.4, -0.2) is 21.9 Å². The molecule has 0 aliphatic rings. The first-order valence-electron chi connectivity index (χ1n) is 5.25. The van der Waals surface area contributed by atoms with Gasteiger partial charge in [-0.15, -0.1) is 0 Å². The van der Waals surface area contributed by atoms with E-state index in [9.17, 15) is 19.8 Å². The molecule has 0 N–H and O–H groups in total. The van der Waals surface area contributed by atoms with Gasteiger partial charge in [0.15, 0.2) is 0 Å². The molecule has 0 aromatic carbocycles. The zero-order valence-electron chi connectivity index (χ0n) is 11.8. The van der Waals surface area contributed by atoms with Gasteiger partial charge in [0.1, 0.15) is 10.1 Å². The normalized spacial score (nSPS) is 9.27. The van der Waals surface area contributed by atoms with Gasteiger partial charge >= 0.3 is 59.1 Å². The van der Waals surface area contributed by atoms with E-state index in [0.29, 0.717) is 10.1 Å². The van der Waals surface area contributed by atoms with Gasteiger partial charge in [-0.2, -0.15) is 0 Å². The van der Waals surface area contributed by atoms with Crippen LogP contribution in [-0.2, 0) is 0 Å². The molecule has 102 valence electrons. The number of carbonyl (C=O) groups excluding carboxylic acids is 2. The molecule has 22 heavy (non-hydrogen) atoms. The zero-order valence-corrected chi connectivity index (χ0v) is 17.4. The van der Waals surface area contributed by atoms with E-state index in [2.05, 4.69) is 9.97 Å². The van der Waals surface area contributed by atoms with Crippen molar-refractivity contribution in [2.45, 2.75) is 10.1 Å². The van der Waals surface area contributed by atoms with Crippen molar-refractivity contribution in [3.05, 3.63) is 47.8 Å². The standard InChI is InChI=1S/C12H8N2O4S2.2Na/c15-11(16)7-1-3-9(13-5-7)19-20-10-4-2-8(6-14-10)12(17)18;;/h1-6H,(H,15,16)(H,17,18);;/q;2*+1/p-2. The van der Waals surface area contributed by atoms with Gasteiger partial charge in [-0.25, -0.2) is 9.97 Å². The van der Waals surface area contributed by atoms with Crippen LogP contribution in [0.3, 0.4) is 0 Å². The van der Waals surface area contributed by atoms with Crippen molar-refractivity contribution in [1.29, 1.82) is 0 Å². The molecule has 0 fully saturated rings. The first kappa shape index (κ1) is 21.9. The number of aromatic carboxylic acids is 2. The molecule has 0 bridgehead atoms. The molecule has 0 unspecified atom stereocenters. The summed E-state index contributed by atoms with van der Waals surface area (Å²) in [4.78, 5) is 29.0. The third-order valence-corrected chi connectivity index (χ3v) is 4.34. The van der Waals surface area contributed by atoms with E-state index in [-0.39, 0.29) is 70.2 Å². The minimum Gasteiger partial charge on any atom is -0.545 e. The number of pyridine rings is 2. The predicted molar refractivity (Wildman–Crippen MR) is 68.8 cm³/mol. The maximum atomic E-state index is 10.6. The quantitative estimate of drug-likeness (QED) is 0.387. The Morgan fingerprint density at radius 1 is 0.773 bits per heavy atom. The van der Waals surface area contributed by atoms with Crippen LogP contribution in [0.1, 0.15) is 20.7 Å². The number of hydrogen-bond acceptors (Lipinski definition) is 8. The Kier molecular flexibility index (Phi) is 10.6. The van der Waals surface area contributed by atoms with Crippen molar-refractivity contribution in [3.63, 3.8) is 0 Å². The maximum Gasteiger partial charge on any atom is 1.00 e. The van der Waals surface area contributed by atoms with Gasteiger partial charge in [-0.3, -0.25) is 0 Å². The number of carboxylic acid groups (broad SMARTS) is 2. The van der Waals surface area contributed by atoms with Crippen LogP contribution in [0, 0.1) is 0 Å². The van der Waals surface area contributed by atoms with Gasteiger partial charge in [-0.1, -0.05) is 0 Å². The molecule has 6 nitrogen and oxygen atoms in total. The minimum atomic E-state index is -1.28. The third-order valence-electron chi connectivity index (χ3n) is 2.16. The summed E-state index contributed by atoms with van der Waals surface area (Å²) in [5.41, 5.74) is 0.0200. The van der Waals surface area contributed by atoms with Crippen LogP contribution in [0.15, 0.2) is 46.7 Å². The Morgan fingerprint density at radius 3 is 1.36 bits per heavy atom. The van der Waals surface area contributed by atoms with Crippen LogP contribution >= 0.6 is 21.6 Å². The molecule has 0 aliphatic carbocycles. The van der Waals surface area contributed by atoms with E-state index < -0.39 is 11.9 Å². The number of carbonyl (C=O) groups is 2. The number of carboxylic acids is 2. The van der Waals surface area contributed by atoms with Gasteiger partial charge in [-0.05, 0) is 45.9 Å². The molecule has 2 heterocycles. The predicted octanol–water partition coefficient (Wildman–Crippen LogP) is -5.99. The summed E-state index contributed by atoms with van der Waals surface area (Å²) in [6, 6.07) is 5.91. The summed E-state index contributed by atoms with van der Waals surface area (Å²) < 4.78 is 0. The molecule has 0 spiro atoms. The summed E-state index contributed by atoms with van der Waals surface area (Å²) in [6.07, 6.45) is 2.43. The molecule has 0 aliphatic heterocycles. The fraction of sp³-hybridized carbons (Fsp3) is 0. The number of aromatic nitrogens is 2. The van der Waals surface area contributed by atoms with Crippen molar-refractivity contribution in [2.75, 3.05) is 0 Å². The van der Waals surface area contributed by atoms with Crippen LogP contribution < -0.4 is 69.3 Å². The van der Waals surface area contributed by atoms with E-state index in [1.807, 2.05) is 0 Å². The van der Waals surface area contributed by atoms with E-state index in [1.165, 1.54) is 46.1 Å². The van der Waals surface area contributed by atoms with Gasteiger partial charge in [0.25, 0.3) is 0 Å². The van der Waals surface area contributed by atoms with Crippen molar-refractivity contribution in [2.24, 2.45) is 0 Å². The maximum absolute atomic E-state index is 10.6. The van der Waals surface area contributed by atoms with Crippen LogP contribution in [0.5, 0.6) is 0 Å². The number of hydrogen-bond donors (Lipinski definition) is 0. The second-order valence-electron chi connectivity index (χ2n) is 3.51. The Labute approximate surface area is 178 Å². The fourth-order valence-electron chi connectivity index (χ4n) is 1.19. The van der Waals surface area contributed by atoms with E-state index >= 15 is 0 Å². The van der Waals surface area contributed by atoms with Gasteiger partial charge < -0.3 is 19.8 Å². The second kappa shape index (κ2) is 10.7. The van der Waals surface area contributed by atoms with Crippen LogP contribution in [0.2, 0.25) is 0 Å². The third kappa shape index (κ3) is 6.59. The van der Waals surface area contributed by atoms with Crippen molar-refractivity contribution < 1.29 is 78.9 Å². The molecule has 2 rings (SSSR count). The molecular formula is C12H6N2Na2O4S2. The van der Waals surface area contributed by atoms with Crippen LogP contribution in [0.25, 0.3) is 0 Å². The summed E-state index contributed by atoms with van der Waals surface area (Å²) in [5, 5.41) is 22.3. The average Bonchev–Trinajstić information content (AvgIpc) is 2.46. The summed E-state index contributed by atoms with van der Waals surface area (Å²) in [7, 11) is 2.55. The summed E-state index contributed by atoms with van der Waals surface area (Å²) in [5.74, 6) is -2.55. The SMILES string of the molecule is O=C([O-])c1ccc(SSc2ccc(C(=O)[O-])cn2)nc1.[Na+].[Na+]. The van der Waals surface area contributed by atoms with E-state index in [0.717, 1.165) is 0 Å². The second-order valence-corrected chi connectivity index (χ2v) is 5.68. The number of rotatable bonds is 5. The van der Waals surface area contributed by atoms with Gasteiger partial charge in [0, 0.05) is 23.5 Å². The first-order valence-corrected chi connectivity index (χ1v) is 7.40. The van der Waals surface area contributed by atoms with Crippen LogP contribution in [0.4, 0.5) is 0 Å². The topological polar surface area (TPSA) is 106 Å². The molecular weight excluding hydrogens is 346 g/mol. The molecule has 0 saturated carbocycles. The van der Waals surface area contributed by atoms with Crippen molar-refractivity contribution >= 4 is 33.5 Å². The van der Waals surface area contributed by atoms with Crippen molar-refractivity contribution in [3.8, 4) is 0 Å². The molecule has 0 amide bonds. The minimum absolute atomic E-state index is 0. The van der Waals surface area contributed by atoms with Gasteiger partial charge in [0.2, 0.25) is 0 Å². The molecule has 0 saturated heterocycles. The fourth-order valence-corrected chi connectivity index (χ4v) is 2.90. The molecule has 2 aromatic rings. The molecule has 10 heteroatoms. The zero-order chi connectivity index (χ0) is 14.5. The first-order chi connectivity index (χ1) is 9.56.